The van der Waals surface area contributed by atoms with E-state index in [0.29, 0.717) is 39.1 Å². The molecule has 10 nitrogen and oxygen atoms in total. The van der Waals surface area contributed by atoms with Crippen molar-refractivity contribution in [1.82, 2.24) is 29.3 Å². The SMILES string of the molecule is Cn1nncc1S(=O)(=O)N1CCC(c2nccc(N3CCOCC3)n2)CC1. The van der Waals surface area contributed by atoms with E-state index in [-0.39, 0.29) is 10.9 Å². The van der Waals surface area contributed by atoms with Crippen molar-refractivity contribution in [2.45, 2.75) is 23.8 Å². The fourth-order valence-electron chi connectivity index (χ4n) is 3.53. The number of aromatic nitrogens is 5. The van der Waals surface area contributed by atoms with Gasteiger partial charge >= 0.3 is 0 Å². The van der Waals surface area contributed by atoms with Gasteiger partial charge in [-0.1, -0.05) is 5.21 Å². The summed E-state index contributed by atoms with van der Waals surface area (Å²) in [6.45, 7) is 3.93. The van der Waals surface area contributed by atoms with Gasteiger partial charge in [-0.15, -0.1) is 5.10 Å². The molecular formula is C16H23N7O3S. The minimum atomic E-state index is -3.57. The average molecular weight is 393 g/mol. The molecule has 2 aliphatic rings. The van der Waals surface area contributed by atoms with E-state index in [1.54, 1.807) is 13.2 Å². The number of hydrogen-bond donors (Lipinski definition) is 0. The Hall–Kier alpha value is -2.11. The maximum atomic E-state index is 12.7. The van der Waals surface area contributed by atoms with E-state index >= 15 is 0 Å². The highest BCUT2D eigenvalue weighted by molar-refractivity contribution is 7.89. The lowest BCUT2D eigenvalue weighted by Crippen LogP contribution is -2.39. The largest absolute Gasteiger partial charge is 0.378 e. The molecule has 0 unspecified atom stereocenters. The second-order valence-electron chi connectivity index (χ2n) is 6.75. The normalized spacial score (nSPS) is 20.1. The first-order valence-electron chi connectivity index (χ1n) is 9.06. The molecule has 0 spiro atoms. The number of aryl methyl sites for hydroxylation is 1. The summed E-state index contributed by atoms with van der Waals surface area (Å²) < 4.78 is 33.7. The molecule has 2 aliphatic heterocycles. The first kappa shape index (κ1) is 18.3. The number of hydrogen-bond acceptors (Lipinski definition) is 8. The van der Waals surface area contributed by atoms with Crippen LogP contribution in [0.25, 0.3) is 0 Å². The first-order chi connectivity index (χ1) is 13.1. The molecule has 0 saturated carbocycles. The molecule has 2 aromatic rings. The van der Waals surface area contributed by atoms with Crippen molar-refractivity contribution in [2.75, 3.05) is 44.3 Å². The first-order valence-corrected chi connectivity index (χ1v) is 10.5. The smallest absolute Gasteiger partial charge is 0.261 e. The highest BCUT2D eigenvalue weighted by Crippen LogP contribution is 2.29. The molecule has 0 atom stereocenters. The molecule has 146 valence electrons. The molecule has 2 aromatic heterocycles. The van der Waals surface area contributed by atoms with E-state index in [1.165, 1.54) is 15.2 Å². The summed E-state index contributed by atoms with van der Waals surface area (Å²) in [5.74, 6) is 1.86. The molecule has 4 heterocycles. The van der Waals surface area contributed by atoms with Crippen LogP contribution >= 0.6 is 0 Å². The Balaban J connectivity index is 1.44. The summed E-state index contributed by atoms with van der Waals surface area (Å²) in [5.41, 5.74) is 0. The van der Waals surface area contributed by atoms with Gasteiger partial charge in [0.15, 0.2) is 5.03 Å². The number of nitrogens with zero attached hydrogens (tertiary/aromatic N) is 7. The van der Waals surface area contributed by atoms with Gasteiger partial charge in [-0.05, 0) is 18.9 Å². The summed E-state index contributed by atoms with van der Waals surface area (Å²) in [7, 11) is -1.99. The molecule has 27 heavy (non-hydrogen) atoms. The molecule has 0 aromatic carbocycles. The Morgan fingerprint density at radius 1 is 1.15 bits per heavy atom. The number of morpholine rings is 1. The van der Waals surface area contributed by atoms with Crippen LogP contribution in [0.5, 0.6) is 0 Å². The Kier molecular flexibility index (Phi) is 5.06. The lowest BCUT2D eigenvalue weighted by molar-refractivity contribution is 0.122. The second kappa shape index (κ2) is 7.49. The highest BCUT2D eigenvalue weighted by atomic mass is 32.2. The molecule has 4 rings (SSSR count). The Morgan fingerprint density at radius 2 is 1.89 bits per heavy atom. The Labute approximate surface area is 158 Å². The predicted molar refractivity (Wildman–Crippen MR) is 96.8 cm³/mol. The maximum Gasteiger partial charge on any atom is 0.261 e. The number of ether oxygens (including phenoxy) is 1. The Morgan fingerprint density at radius 3 is 2.56 bits per heavy atom. The molecule has 11 heteroatoms. The zero-order chi connectivity index (χ0) is 18.9. The van der Waals surface area contributed by atoms with Crippen LogP contribution in [0, 0.1) is 0 Å². The fraction of sp³-hybridized carbons (Fsp3) is 0.625. The molecule has 0 amide bonds. The number of sulfonamides is 1. The lowest BCUT2D eigenvalue weighted by Gasteiger charge is -2.31. The number of piperidine rings is 1. The van der Waals surface area contributed by atoms with Gasteiger partial charge in [0.2, 0.25) is 0 Å². The van der Waals surface area contributed by atoms with Gasteiger partial charge in [-0.25, -0.2) is 23.1 Å². The van der Waals surface area contributed by atoms with Crippen LogP contribution in [0.15, 0.2) is 23.5 Å². The van der Waals surface area contributed by atoms with Crippen molar-refractivity contribution in [3.05, 3.63) is 24.3 Å². The van der Waals surface area contributed by atoms with Crippen LogP contribution in [0.3, 0.4) is 0 Å². The zero-order valence-electron chi connectivity index (χ0n) is 15.2. The van der Waals surface area contributed by atoms with Crippen molar-refractivity contribution in [3.63, 3.8) is 0 Å². The summed E-state index contributed by atoms with van der Waals surface area (Å²) >= 11 is 0. The standard InChI is InChI=1S/C16H23N7O3S/c1-21-15(12-18-20-21)27(24,25)23-6-3-13(4-7-23)16-17-5-2-14(19-16)22-8-10-26-11-9-22/h2,5,12-13H,3-4,6-11H2,1H3. The van der Waals surface area contributed by atoms with E-state index in [2.05, 4.69) is 20.2 Å². The minimum Gasteiger partial charge on any atom is -0.378 e. The molecule has 0 bridgehead atoms. The molecule has 0 N–H and O–H groups in total. The van der Waals surface area contributed by atoms with Crippen LogP contribution < -0.4 is 4.90 Å². The van der Waals surface area contributed by atoms with E-state index in [0.717, 1.165) is 24.7 Å². The van der Waals surface area contributed by atoms with Gasteiger partial charge in [-0.2, -0.15) is 4.31 Å². The predicted octanol–water partition coefficient (Wildman–Crippen LogP) is 0.0100. The van der Waals surface area contributed by atoms with E-state index in [4.69, 9.17) is 9.72 Å². The topological polar surface area (TPSA) is 106 Å². The van der Waals surface area contributed by atoms with Crippen molar-refractivity contribution in [3.8, 4) is 0 Å². The lowest BCUT2D eigenvalue weighted by atomic mass is 9.97. The maximum absolute atomic E-state index is 12.7. The Bertz CT molecular complexity index is 887. The van der Waals surface area contributed by atoms with E-state index in [1.807, 2.05) is 6.07 Å². The van der Waals surface area contributed by atoms with Crippen LogP contribution in [0.4, 0.5) is 5.82 Å². The third kappa shape index (κ3) is 3.66. The fourth-order valence-corrected chi connectivity index (χ4v) is 5.04. The molecule has 0 aliphatic carbocycles. The van der Waals surface area contributed by atoms with E-state index < -0.39 is 10.0 Å². The van der Waals surface area contributed by atoms with Gasteiger partial charge in [0.05, 0.1) is 19.4 Å². The van der Waals surface area contributed by atoms with Gasteiger partial charge in [0, 0.05) is 45.3 Å². The van der Waals surface area contributed by atoms with Crippen molar-refractivity contribution in [1.29, 1.82) is 0 Å². The van der Waals surface area contributed by atoms with Crippen molar-refractivity contribution in [2.24, 2.45) is 7.05 Å². The van der Waals surface area contributed by atoms with Gasteiger partial charge < -0.3 is 9.64 Å². The summed E-state index contributed by atoms with van der Waals surface area (Å²) in [6.07, 6.45) is 4.46. The van der Waals surface area contributed by atoms with Gasteiger partial charge in [0.25, 0.3) is 10.0 Å². The third-order valence-corrected chi connectivity index (χ3v) is 7.03. The monoisotopic (exact) mass is 393 g/mol. The highest BCUT2D eigenvalue weighted by Gasteiger charge is 2.33. The van der Waals surface area contributed by atoms with E-state index in [9.17, 15) is 8.42 Å². The molecule has 0 radical (unpaired) electrons. The van der Waals surface area contributed by atoms with Crippen molar-refractivity contribution >= 4 is 15.8 Å². The average Bonchev–Trinajstić information content (AvgIpc) is 3.16. The summed E-state index contributed by atoms with van der Waals surface area (Å²) in [4.78, 5) is 11.4. The summed E-state index contributed by atoms with van der Waals surface area (Å²) in [5, 5.41) is 7.51. The number of anilines is 1. The zero-order valence-corrected chi connectivity index (χ0v) is 16.0. The molecule has 2 fully saturated rings. The van der Waals surface area contributed by atoms with Gasteiger partial charge in [-0.3, -0.25) is 0 Å². The van der Waals surface area contributed by atoms with Crippen LogP contribution in [0.2, 0.25) is 0 Å². The van der Waals surface area contributed by atoms with Gasteiger partial charge in [0.1, 0.15) is 11.6 Å². The second-order valence-corrected chi connectivity index (χ2v) is 8.63. The van der Waals surface area contributed by atoms with Crippen LogP contribution in [0.1, 0.15) is 24.6 Å². The quantitative estimate of drug-likeness (QED) is 0.715. The third-order valence-electron chi connectivity index (χ3n) is 5.09. The minimum absolute atomic E-state index is 0.117. The van der Waals surface area contributed by atoms with Crippen LogP contribution in [-0.2, 0) is 21.8 Å². The molecule has 2 saturated heterocycles. The van der Waals surface area contributed by atoms with Crippen LogP contribution in [-0.4, -0.2) is 77.1 Å². The van der Waals surface area contributed by atoms with Crippen molar-refractivity contribution < 1.29 is 13.2 Å². The summed E-state index contributed by atoms with van der Waals surface area (Å²) in [6, 6.07) is 1.92. The number of rotatable bonds is 4. The molecular weight excluding hydrogens is 370 g/mol.